The Hall–Kier alpha value is -2.86. The molecule has 0 spiro atoms. The lowest BCUT2D eigenvalue weighted by Gasteiger charge is -2.29. The van der Waals surface area contributed by atoms with E-state index in [1.54, 1.807) is 0 Å². The second-order valence-corrected chi connectivity index (χ2v) is 9.59. The predicted octanol–water partition coefficient (Wildman–Crippen LogP) is 3.92. The van der Waals surface area contributed by atoms with Crippen LogP contribution in [0.5, 0.6) is 0 Å². The first kappa shape index (κ1) is 23.3. The second kappa shape index (κ2) is 10.8. The van der Waals surface area contributed by atoms with E-state index in [0.717, 1.165) is 29.7 Å². The quantitative estimate of drug-likeness (QED) is 0.533. The Morgan fingerprint density at radius 2 is 1.76 bits per heavy atom. The van der Waals surface area contributed by atoms with Crippen molar-refractivity contribution in [3.05, 3.63) is 59.7 Å². The number of aryl methyl sites for hydroxylation is 1. The SMILES string of the molecule is NC(=O)[C@H](CCC1CCCCC1)N[C@H]1CCc2ccccc2N(Cc2ccc(N)cc2)C1=O. The van der Waals surface area contributed by atoms with Gasteiger partial charge in [0.15, 0.2) is 0 Å². The maximum atomic E-state index is 13.7. The van der Waals surface area contributed by atoms with Crippen molar-refractivity contribution in [1.29, 1.82) is 0 Å². The van der Waals surface area contributed by atoms with Crippen LogP contribution in [0.15, 0.2) is 48.5 Å². The summed E-state index contributed by atoms with van der Waals surface area (Å²) < 4.78 is 0. The van der Waals surface area contributed by atoms with Crippen LogP contribution >= 0.6 is 0 Å². The smallest absolute Gasteiger partial charge is 0.244 e. The Morgan fingerprint density at radius 1 is 1.03 bits per heavy atom. The fourth-order valence-electron chi connectivity index (χ4n) is 5.27. The monoisotopic (exact) mass is 448 g/mol. The van der Waals surface area contributed by atoms with Crippen molar-refractivity contribution in [3.63, 3.8) is 0 Å². The second-order valence-electron chi connectivity index (χ2n) is 9.59. The average Bonchev–Trinajstić information content (AvgIpc) is 2.95. The highest BCUT2D eigenvalue weighted by Gasteiger charge is 2.33. The van der Waals surface area contributed by atoms with Crippen molar-refractivity contribution in [3.8, 4) is 0 Å². The molecule has 6 nitrogen and oxygen atoms in total. The fraction of sp³-hybridized carbons (Fsp3) is 0.481. The highest BCUT2D eigenvalue weighted by atomic mass is 16.2. The molecule has 1 aliphatic carbocycles. The zero-order valence-corrected chi connectivity index (χ0v) is 19.3. The van der Waals surface area contributed by atoms with Crippen molar-refractivity contribution in [1.82, 2.24) is 5.32 Å². The molecule has 2 aromatic carbocycles. The highest BCUT2D eigenvalue weighted by Crippen LogP contribution is 2.30. The van der Waals surface area contributed by atoms with Crippen LogP contribution in [-0.4, -0.2) is 23.9 Å². The first-order valence-electron chi connectivity index (χ1n) is 12.3. The van der Waals surface area contributed by atoms with Gasteiger partial charge in [-0.15, -0.1) is 0 Å². The summed E-state index contributed by atoms with van der Waals surface area (Å²) in [4.78, 5) is 27.9. The molecule has 2 aliphatic rings. The van der Waals surface area contributed by atoms with Gasteiger partial charge in [-0.2, -0.15) is 0 Å². The Kier molecular flexibility index (Phi) is 7.65. The average molecular weight is 449 g/mol. The maximum absolute atomic E-state index is 13.7. The third kappa shape index (κ3) is 5.93. The lowest BCUT2D eigenvalue weighted by Crippen LogP contribution is -2.53. The molecule has 1 heterocycles. The number of nitrogens with zero attached hydrogens (tertiary/aromatic N) is 1. The number of nitrogen functional groups attached to an aromatic ring is 1. The molecule has 4 rings (SSSR count). The molecule has 2 atom stereocenters. The number of carbonyl (C=O) groups is 2. The van der Waals surface area contributed by atoms with Gasteiger partial charge in [-0.3, -0.25) is 14.9 Å². The number of nitrogens with two attached hydrogens (primary N) is 2. The lowest BCUT2D eigenvalue weighted by molar-refractivity contribution is -0.123. The molecular formula is C27H36N4O2. The van der Waals surface area contributed by atoms with Gasteiger partial charge in [0.05, 0.1) is 18.6 Å². The Balaban J connectivity index is 1.51. The molecule has 33 heavy (non-hydrogen) atoms. The summed E-state index contributed by atoms with van der Waals surface area (Å²) in [5.74, 6) is 0.282. The standard InChI is InChI=1S/C27H36N4O2/c28-22-14-10-20(11-15-22)18-31-25-9-5-4-8-21(25)13-17-24(27(31)33)30-23(26(29)32)16-12-19-6-2-1-3-7-19/h4-5,8-11,14-15,19,23-24,30H,1-3,6-7,12-13,16-18,28H2,(H2,29,32)/t23-,24-/m0/s1. The molecule has 1 saturated carbocycles. The molecule has 0 radical (unpaired) electrons. The third-order valence-electron chi connectivity index (χ3n) is 7.20. The zero-order valence-electron chi connectivity index (χ0n) is 19.3. The zero-order chi connectivity index (χ0) is 23.2. The van der Waals surface area contributed by atoms with E-state index in [1.807, 2.05) is 47.4 Å². The summed E-state index contributed by atoms with van der Waals surface area (Å²) >= 11 is 0. The minimum absolute atomic E-state index is 0.0132. The number of benzene rings is 2. The van der Waals surface area contributed by atoms with E-state index < -0.39 is 12.1 Å². The summed E-state index contributed by atoms with van der Waals surface area (Å²) in [5.41, 5.74) is 15.4. The number of primary amides is 1. The molecule has 0 saturated heterocycles. The van der Waals surface area contributed by atoms with E-state index in [0.29, 0.717) is 31.0 Å². The number of anilines is 2. The molecular weight excluding hydrogens is 412 g/mol. The Labute approximate surface area is 196 Å². The highest BCUT2D eigenvalue weighted by molar-refractivity contribution is 5.99. The van der Waals surface area contributed by atoms with Crippen LogP contribution in [0, 0.1) is 5.92 Å². The van der Waals surface area contributed by atoms with Gasteiger partial charge in [0.25, 0.3) is 0 Å². The molecule has 2 aromatic rings. The minimum atomic E-state index is -0.486. The molecule has 5 N–H and O–H groups in total. The van der Waals surface area contributed by atoms with E-state index in [9.17, 15) is 9.59 Å². The van der Waals surface area contributed by atoms with Crippen LogP contribution in [0.2, 0.25) is 0 Å². The van der Waals surface area contributed by atoms with E-state index in [2.05, 4.69) is 11.4 Å². The van der Waals surface area contributed by atoms with Crippen LogP contribution in [0.25, 0.3) is 0 Å². The van der Waals surface area contributed by atoms with Gasteiger partial charge in [-0.25, -0.2) is 0 Å². The van der Waals surface area contributed by atoms with Gasteiger partial charge in [0.1, 0.15) is 0 Å². The summed E-state index contributed by atoms with van der Waals surface area (Å²) in [7, 11) is 0. The van der Waals surface area contributed by atoms with Crippen molar-refractivity contribution in [2.45, 2.75) is 76.4 Å². The summed E-state index contributed by atoms with van der Waals surface area (Å²) in [6.07, 6.45) is 9.42. The van der Waals surface area contributed by atoms with Gasteiger partial charge in [-0.1, -0.05) is 62.4 Å². The van der Waals surface area contributed by atoms with Gasteiger partial charge in [-0.05, 0) is 60.9 Å². The van der Waals surface area contributed by atoms with Crippen LogP contribution in [-0.2, 0) is 22.6 Å². The van der Waals surface area contributed by atoms with E-state index in [1.165, 1.54) is 32.1 Å². The minimum Gasteiger partial charge on any atom is -0.399 e. The first-order valence-corrected chi connectivity index (χ1v) is 12.3. The molecule has 1 aliphatic heterocycles. The normalized spacial score (nSPS) is 20.2. The van der Waals surface area contributed by atoms with Crippen molar-refractivity contribution in [2.24, 2.45) is 11.7 Å². The summed E-state index contributed by atoms with van der Waals surface area (Å²) in [6.45, 7) is 0.456. The molecule has 176 valence electrons. The first-order chi connectivity index (χ1) is 16.0. The third-order valence-corrected chi connectivity index (χ3v) is 7.20. The van der Waals surface area contributed by atoms with Gasteiger partial charge in [0.2, 0.25) is 11.8 Å². The molecule has 6 heteroatoms. The number of rotatable bonds is 8. The van der Waals surface area contributed by atoms with Crippen LogP contribution < -0.4 is 21.7 Å². The number of carbonyl (C=O) groups excluding carboxylic acids is 2. The molecule has 0 bridgehead atoms. The number of nitrogens with one attached hydrogen (secondary N) is 1. The molecule has 1 fully saturated rings. The summed E-state index contributed by atoms with van der Waals surface area (Å²) in [6, 6.07) is 14.7. The Bertz CT molecular complexity index is 953. The number of hydrogen-bond donors (Lipinski definition) is 3. The van der Waals surface area contributed by atoms with Crippen molar-refractivity contribution < 1.29 is 9.59 Å². The number of hydrogen-bond acceptors (Lipinski definition) is 4. The number of amides is 2. The molecule has 2 amide bonds. The summed E-state index contributed by atoms with van der Waals surface area (Å²) in [5, 5.41) is 3.36. The van der Waals surface area contributed by atoms with Gasteiger partial charge >= 0.3 is 0 Å². The van der Waals surface area contributed by atoms with E-state index in [-0.39, 0.29) is 11.8 Å². The van der Waals surface area contributed by atoms with Crippen LogP contribution in [0.4, 0.5) is 11.4 Å². The van der Waals surface area contributed by atoms with E-state index in [4.69, 9.17) is 11.5 Å². The van der Waals surface area contributed by atoms with Gasteiger partial charge in [0, 0.05) is 11.4 Å². The molecule has 0 unspecified atom stereocenters. The molecule has 0 aromatic heterocycles. The topological polar surface area (TPSA) is 101 Å². The fourth-order valence-corrected chi connectivity index (χ4v) is 5.27. The van der Waals surface area contributed by atoms with Crippen LogP contribution in [0.3, 0.4) is 0 Å². The Morgan fingerprint density at radius 3 is 2.48 bits per heavy atom. The van der Waals surface area contributed by atoms with Crippen molar-refractivity contribution in [2.75, 3.05) is 10.6 Å². The predicted molar refractivity (Wildman–Crippen MR) is 133 cm³/mol. The number of para-hydroxylation sites is 1. The van der Waals surface area contributed by atoms with Crippen molar-refractivity contribution >= 4 is 23.2 Å². The lowest BCUT2D eigenvalue weighted by atomic mass is 9.85. The largest absolute Gasteiger partial charge is 0.399 e. The number of fused-ring (bicyclic) bond motifs is 1. The van der Waals surface area contributed by atoms with Crippen LogP contribution in [0.1, 0.15) is 62.5 Å². The maximum Gasteiger partial charge on any atom is 0.244 e. The van der Waals surface area contributed by atoms with E-state index >= 15 is 0 Å². The van der Waals surface area contributed by atoms with Gasteiger partial charge < -0.3 is 16.4 Å².